The van der Waals surface area contributed by atoms with E-state index in [1.807, 2.05) is 0 Å². The molecule has 0 spiro atoms. The Bertz CT molecular complexity index is 479. The van der Waals surface area contributed by atoms with Crippen LogP contribution >= 0.6 is 23.2 Å². The van der Waals surface area contributed by atoms with E-state index in [0.717, 1.165) is 32.4 Å². The molecular formula is C16H22Cl2N2O. The zero-order valence-corrected chi connectivity index (χ0v) is 14.0. The van der Waals surface area contributed by atoms with E-state index >= 15 is 0 Å². The number of para-hydroxylation sites is 1. The number of amides is 1. The van der Waals surface area contributed by atoms with Crippen LogP contribution in [0.5, 0.6) is 0 Å². The molecule has 2 rings (SSSR count). The molecule has 1 saturated heterocycles. The zero-order valence-electron chi connectivity index (χ0n) is 12.5. The van der Waals surface area contributed by atoms with Gasteiger partial charge in [0, 0.05) is 5.92 Å². The molecule has 5 heteroatoms. The van der Waals surface area contributed by atoms with Gasteiger partial charge in [-0.1, -0.05) is 36.2 Å². The molecule has 0 radical (unpaired) electrons. The highest BCUT2D eigenvalue weighted by Gasteiger charge is 2.29. The highest BCUT2D eigenvalue weighted by Crippen LogP contribution is 2.32. The Balaban J connectivity index is 2.07. The number of rotatable bonds is 4. The van der Waals surface area contributed by atoms with E-state index < -0.39 is 0 Å². The number of piperidine rings is 1. The number of halogens is 2. The molecule has 21 heavy (non-hydrogen) atoms. The molecule has 1 fully saturated rings. The molecule has 0 aliphatic carbocycles. The van der Waals surface area contributed by atoms with Crippen molar-refractivity contribution >= 4 is 34.8 Å². The highest BCUT2D eigenvalue weighted by molar-refractivity contribution is 6.39. The number of benzene rings is 1. The first-order valence-electron chi connectivity index (χ1n) is 7.46. The number of carbonyl (C=O) groups is 1. The Morgan fingerprint density at radius 2 is 1.90 bits per heavy atom. The van der Waals surface area contributed by atoms with Crippen LogP contribution in [0.3, 0.4) is 0 Å². The predicted molar refractivity (Wildman–Crippen MR) is 89.1 cm³/mol. The van der Waals surface area contributed by atoms with Crippen molar-refractivity contribution in [3.63, 3.8) is 0 Å². The maximum atomic E-state index is 12.6. The van der Waals surface area contributed by atoms with Gasteiger partial charge in [0.05, 0.1) is 15.7 Å². The standard InChI is InChI=1S/C16H22Cl2N2O/c1-3-12(11-7-9-20(2)10-8-11)16(21)19-15-13(17)5-4-6-14(15)18/h4-6,11-12H,3,7-10H2,1-2H3,(H,19,21). The number of likely N-dealkylation sites (tertiary alicyclic amines) is 1. The third-order valence-corrected chi connectivity index (χ3v) is 4.95. The molecule has 1 atom stereocenters. The lowest BCUT2D eigenvalue weighted by Crippen LogP contribution is -2.37. The Morgan fingerprint density at radius 3 is 2.43 bits per heavy atom. The van der Waals surface area contributed by atoms with E-state index in [0.29, 0.717) is 21.7 Å². The molecule has 1 heterocycles. The van der Waals surface area contributed by atoms with Crippen molar-refractivity contribution in [2.75, 3.05) is 25.5 Å². The molecule has 1 N–H and O–H groups in total. The second-order valence-corrected chi connectivity index (χ2v) is 6.56. The number of anilines is 1. The van der Waals surface area contributed by atoms with Gasteiger partial charge < -0.3 is 10.2 Å². The summed E-state index contributed by atoms with van der Waals surface area (Å²) in [6.07, 6.45) is 2.97. The lowest BCUT2D eigenvalue weighted by molar-refractivity contribution is -0.122. The molecule has 1 aromatic rings. The van der Waals surface area contributed by atoms with E-state index in [-0.39, 0.29) is 11.8 Å². The lowest BCUT2D eigenvalue weighted by Gasteiger charge is -2.33. The normalized spacial score (nSPS) is 18.5. The first-order valence-corrected chi connectivity index (χ1v) is 8.22. The van der Waals surface area contributed by atoms with Crippen LogP contribution in [-0.4, -0.2) is 30.9 Å². The summed E-state index contributed by atoms with van der Waals surface area (Å²) in [4.78, 5) is 14.9. The average molecular weight is 329 g/mol. The smallest absolute Gasteiger partial charge is 0.227 e. The molecule has 116 valence electrons. The van der Waals surface area contributed by atoms with Gasteiger partial charge in [0.25, 0.3) is 0 Å². The maximum Gasteiger partial charge on any atom is 0.227 e. The van der Waals surface area contributed by atoms with E-state index in [4.69, 9.17) is 23.2 Å². The van der Waals surface area contributed by atoms with Gasteiger partial charge in [-0.25, -0.2) is 0 Å². The summed E-state index contributed by atoms with van der Waals surface area (Å²) in [5.41, 5.74) is 0.525. The quantitative estimate of drug-likeness (QED) is 0.893. The molecule has 1 aliphatic heterocycles. The average Bonchev–Trinajstić information content (AvgIpc) is 2.46. The first-order chi connectivity index (χ1) is 10.0. The van der Waals surface area contributed by atoms with Gasteiger partial charge in [0.1, 0.15) is 0 Å². The molecule has 1 aliphatic rings. The van der Waals surface area contributed by atoms with Gasteiger partial charge in [0.2, 0.25) is 5.91 Å². The van der Waals surface area contributed by atoms with Crippen molar-refractivity contribution in [3.8, 4) is 0 Å². The predicted octanol–water partition coefficient (Wildman–Crippen LogP) is 4.30. The summed E-state index contributed by atoms with van der Waals surface area (Å²) in [5, 5.41) is 3.88. The fraction of sp³-hybridized carbons (Fsp3) is 0.562. The summed E-state index contributed by atoms with van der Waals surface area (Å²) in [6.45, 7) is 4.18. The van der Waals surface area contributed by atoms with Crippen LogP contribution in [0.4, 0.5) is 5.69 Å². The third-order valence-electron chi connectivity index (χ3n) is 4.32. The summed E-state index contributed by atoms with van der Waals surface area (Å²) in [7, 11) is 2.13. The molecule has 1 unspecified atom stereocenters. The number of carbonyl (C=O) groups excluding carboxylic acids is 1. The first kappa shape index (κ1) is 16.6. The van der Waals surface area contributed by atoms with E-state index in [2.05, 4.69) is 24.2 Å². The molecular weight excluding hydrogens is 307 g/mol. The number of hydrogen-bond acceptors (Lipinski definition) is 2. The van der Waals surface area contributed by atoms with Gasteiger partial charge in [0.15, 0.2) is 0 Å². The second kappa shape index (κ2) is 7.48. The SMILES string of the molecule is CCC(C(=O)Nc1c(Cl)cccc1Cl)C1CCN(C)CC1. The number of nitrogens with zero attached hydrogens (tertiary/aromatic N) is 1. The molecule has 3 nitrogen and oxygen atoms in total. The molecule has 0 aromatic heterocycles. The Hall–Kier alpha value is -0.770. The maximum absolute atomic E-state index is 12.6. The minimum atomic E-state index is 0.0195. The van der Waals surface area contributed by atoms with Gasteiger partial charge in [-0.15, -0.1) is 0 Å². The summed E-state index contributed by atoms with van der Waals surface area (Å²) < 4.78 is 0. The van der Waals surface area contributed by atoms with Crippen LogP contribution in [0.25, 0.3) is 0 Å². The molecule has 1 aromatic carbocycles. The third kappa shape index (κ3) is 4.12. The zero-order chi connectivity index (χ0) is 15.4. The van der Waals surface area contributed by atoms with Crippen LogP contribution in [0.2, 0.25) is 10.0 Å². The fourth-order valence-corrected chi connectivity index (χ4v) is 3.49. The van der Waals surface area contributed by atoms with Crippen LogP contribution in [-0.2, 0) is 4.79 Å². The van der Waals surface area contributed by atoms with E-state index in [9.17, 15) is 4.79 Å². The number of nitrogens with one attached hydrogen (secondary N) is 1. The van der Waals surface area contributed by atoms with Crippen molar-refractivity contribution < 1.29 is 4.79 Å². The Labute approximate surface area is 136 Å². The van der Waals surface area contributed by atoms with Crippen LogP contribution in [0.1, 0.15) is 26.2 Å². The molecule has 1 amide bonds. The topological polar surface area (TPSA) is 32.3 Å². The minimum absolute atomic E-state index is 0.0195. The fourth-order valence-electron chi connectivity index (χ4n) is 3.00. The number of hydrogen-bond donors (Lipinski definition) is 1. The van der Waals surface area contributed by atoms with Gasteiger partial charge in [-0.3, -0.25) is 4.79 Å². The summed E-state index contributed by atoms with van der Waals surface area (Å²) in [6, 6.07) is 5.24. The largest absolute Gasteiger partial charge is 0.323 e. The Kier molecular flexibility index (Phi) is 5.91. The van der Waals surface area contributed by atoms with Crippen molar-refractivity contribution in [1.82, 2.24) is 4.90 Å². The highest BCUT2D eigenvalue weighted by atomic mass is 35.5. The molecule has 0 saturated carbocycles. The van der Waals surface area contributed by atoms with Crippen LogP contribution in [0, 0.1) is 11.8 Å². The van der Waals surface area contributed by atoms with E-state index in [1.54, 1.807) is 18.2 Å². The van der Waals surface area contributed by atoms with Crippen LogP contribution in [0.15, 0.2) is 18.2 Å². The monoisotopic (exact) mass is 328 g/mol. The minimum Gasteiger partial charge on any atom is -0.323 e. The molecule has 0 bridgehead atoms. The van der Waals surface area contributed by atoms with Crippen LogP contribution < -0.4 is 5.32 Å². The summed E-state index contributed by atoms with van der Waals surface area (Å²) in [5.74, 6) is 0.487. The lowest BCUT2D eigenvalue weighted by atomic mass is 9.82. The van der Waals surface area contributed by atoms with Crippen molar-refractivity contribution in [2.45, 2.75) is 26.2 Å². The van der Waals surface area contributed by atoms with Gasteiger partial charge >= 0.3 is 0 Å². The van der Waals surface area contributed by atoms with Gasteiger partial charge in [-0.05, 0) is 57.5 Å². The second-order valence-electron chi connectivity index (χ2n) is 5.74. The van der Waals surface area contributed by atoms with Crippen molar-refractivity contribution in [1.29, 1.82) is 0 Å². The summed E-state index contributed by atoms with van der Waals surface area (Å²) >= 11 is 12.2. The van der Waals surface area contributed by atoms with Crippen molar-refractivity contribution in [2.24, 2.45) is 11.8 Å². The van der Waals surface area contributed by atoms with Crippen molar-refractivity contribution in [3.05, 3.63) is 28.2 Å². The van der Waals surface area contributed by atoms with Gasteiger partial charge in [-0.2, -0.15) is 0 Å². The Morgan fingerprint density at radius 1 is 1.33 bits per heavy atom. The van der Waals surface area contributed by atoms with E-state index in [1.165, 1.54) is 0 Å².